The molecule has 0 fully saturated rings. The van der Waals surface area contributed by atoms with E-state index >= 15 is 0 Å². The number of nitrogens with zero attached hydrogens (tertiary/aromatic N) is 1. The molecular weight excluding hydrogens is 498 g/mol. The van der Waals surface area contributed by atoms with Crippen LogP contribution in [-0.2, 0) is 19.4 Å². The van der Waals surface area contributed by atoms with Crippen molar-refractivity contribution in [3.63, 3.8) is 0 Å². The van der Waals surface area contributed by atoms with Crippen LogP contribution in [0.2, 0.25) is 0 Å². The maximum atomic E-state index is 14.2. The number of hydrogen-bond donors (Lipinski definition) is 0. The van der Waals surface area contributed by atoms with Crippen molar-refractivity contribution in [2.75, 3.05) is 0 Å². The molecule has 0 saturated carbocycles. The fraction of sp³-hybridized carbons (Fsp3) is 0.667. The number of aromatic nitrogens is 1. The Bertz CT molecular complexity index is 1160. The molecule has 0 aliphatic rings. The van der Waals surface area contributed by atoms with E-state index in [-0.39, 0.29) is 5.43 Å². The standard InChI is InChI=1S/C39H61NO/c1-6-9-12-15-18-21-24-33-27-31(4)29-35-37(33)40(26-23-20-17-14-11-8-3)38-34(25-22-19-16-13-10-7-2)28-32(5)30-36(38)39(35)41/h27-30H,6-26H2,1-5H3. The van der Waals surface area contributed by atoms with E-state index in [0.717, 1.165) is 30.2 Å². The monoisotopic (exact) mass is 559 g/mol. The number of benzene rings is 2. The van der Waals surface area contributed by atoms with Crippen LogP contribution >= 0.6 is 0 Å². The quantitative estimate of drug-likeness (QED) is 0.0939. The largest absolute Gasteiger partial charge is 0.340 e. The van der Waals surface area contributed by atoms with E-state index < -0.39 is 0 Å². The second-order valence-corrected chi connectivity index (χ2v) is 12.9. The average Bonchev–Trinajstić information content (AvgIpc) is 2.96. The molecule has 3 rings (SSSR count). The van der Waals surface area contributed by atoms with Gasteiger partial charge in [-0.1, -0.05) is 129 Å². The maximum Gasteiger partial charge on any atom is 0.197 e. The van der Waals surface area contributed by atoms with Gasteiger partial charge in [0.25, 0.3) is 0 Å². The van der Waals surface area contributed by atoms with Crippen molar-refractivity contribution in [1.82, 2.24) is 4.57 Å². The molecule has 0 amide bonds. The first-order chi connectivity index (χ1) is 20.0. The number of pyridine rings is 1. The normalized spacial score (nSPS) is 11.7. The zero-order chi connectivity index (χ0) is 29.5. The molecule has 1 aromatic heterocycles. The molecule has 41 heavy (non-hydrogen) atoms. The molecule has 2 nitrogen and oxygen atoms in total. The summed E-state index contributed by atoms with van der Waals surface area (Å²) in [5.74, 6) is 0. The molecule has 2 aromatic carbocycles. The van der Waals surface area contributed by atoms with Crippen LogP contribution < -0.4 is 5.43 Å². The van der Waals surface area contributed by atoms with Crippen LogP contribution in [0.25, 0.3) is 21.8 Å². The minimum absolute atomic E-state index is 0.245. The molecule has 3 aromatic rings. The first-order valence-corrected chi connectivity index (χ1v) is 17.6. The van der Waals surface area contributed by atoms with Crippen molar-refractivity contribution in [3.8, 4) is 0 Å². The van der Waals surface area contributed by atoms with Crippen LogP contribution in [-0.4, -0.2) is 4.57 Å². The molecule has 0 aliphatic carbocycles. The van der Waals surface area contributed by atoms with Crippen molar-refractivity contribution in [2.24, 2.45) is 0 Å². The first-order valence-electron chi connectivity index (χ1n) is 17.6. The Labute approximate surface area is 252 Å². The van der Waals surface area contributed by atoms with Gasteiger partial charge in [-0.15, -0.1) is 0 Å². The number of fused-ring (bicyclic) bond motifs is 2. The highest BCUT2D eigenvalue weighted by atomic mass is 16.1. The van der Waals surface area contributed by atoms with Crippen molar-refractivity contribution in [3.05, 3.63) is 56.7 Å². The second kappa shape index (κ2) is 18.4. The lowest BCUT2D eigenvalue weighted by atomic mass is 9.95. The lowest BCUT2D eigenvalue weighted by Gasteiger charge is -2.22. The molecular formula is C39H61NO. The van der Waals surface area contributed by atoms with Gasteiger partial charge < -0.3 is 4.57 Å². The zero-order valence-electron chi connectivity index (χ0n) is 27.5. The van der Waals surface area contributed by atoms with Gasteiger partial charge in [0.2, 0.25) is 0 Å². The Balaban J connectivity index is 2.04. The van der Waals surface area contributed by atoms with Crippen LogP contribution in [0, 0.1) is 13.8 Å². The summed E-state index contributed by atoms with van der Waals surface area (Å²) >= 11 is 0. The van der Waals surface area contributed by atoms with Gasteiger partial charge in [-0.25, -0.2) is 0 Å². The summed E-state index contributed by atoms with van der Waals surface area (Å²) in [6, 6.07) is 9.13. The topological polar surface area (TPSA) is 22.0 Å². The van der Waals surface area contributed by atoms with Crippen molar-refractivity contribution >= 4 is 21.8 Å². The minimum atomic E-state index is 0.245. The highest BCUT2D eigenvalue weighted by Crippen LogP contribution is 2.30. The Morgan fingerprint density at radius 2 is 0.854 bits per heavy atom. The van der Waals surface area contributed by atoms with Crippen LogP contribution in [0.15, 0.2) is 29.1 Å². The van der Waals surface area contributed by atoms with E-state index in [1.165, 1.54) is 149 Å². The lowest BCUT2D eigenvalue weighted by Crippen LogP contribution is -2.16. The molecule has 0 saturated heterocycles. The Hall–Kier alpha value is -2.09. The number of aryl methyl sites for hydroxylation is 5. The molecule has 1 heterocycles. The highest BCUT2D eigenvalue weighted by Gasteiger charge is 2.18. The molecule has 2 heteroatoms. The van der Waals surface area contributed by atoms with E-state index in [9.17, 15) is 4.79 Å². The van der Waals surface area contributed by atoms with Crippen molar-refractivity contribution in [2.45, 2.75) is 170 Å². The van der Waals surface area contributed by atoms with Gasteiger partial charge in [-0.3, -0.25) is 4.79 Å². The van der Waals surface area contributed by atoms with Crippen LogP contribution in [0.5, 0.6) is 0 Å². The summed E-state index contributed by atoms with van der Waals surface area (Å²) in [6.07, 6.45) is 25.5. The van der Waals surface area contributed by atoms with Crippen LogP contribution in [0.4, 0.5) is 0 Å². The van der Waals surface area contributed by atoms with E-state index in [4.69, 9.17) is 0 Å². The molecule has 0 unspecified atom stereocenters. The number of hydrogen-bond acceptors (Lipinski definition) is 1. The zero-order valence-corrected chi connectivity index (χ0v) is 27.5. The Morgan fingerprint density at radius 1 is 0.488 bits per heavy atom. The Morgan fingerprint density at radius 3 is 1.27 bits per heavy atom. The lowest BCUT2D eigenvalue weighted by molar-refractivity contribution is 0.568. The van der Waals surface area contributed by atoms with E-state index in [2.05, 4.69) is 63.5 Å². The SMILES string of the molecule is CCCCCCCCc1cc(C)cc2c(=O)c3cc(C)cc(CCCCCCCC)c3n(CCCCCCCC)c12. The smallest absolute Gasteiger partial charge is 0.197 e. The molecule has 0 bridgehead atoms. The molecule has 0 radical (unpaired) electrons. The third-order valence-electron chi connectivity index (χ3n) is 9.03. The molecule has 228 valence electrons. The van der Waals surface area contributed by atoms with E-state index in [1.807, 2.05) is 0 Å². The fourth-order valence-corrected chi connectivity index (χ4v) is 6.79. The van der Waals surface area contributed by atoms with Crippen molar-refractivity contribution < 1.29 is 0 Å². The highest BCUT2D eigenvalue weighted by molar-refractivity contribution is 5.97. The summed E-state index contributed by atoms with van der Waals surface area (Å²) in [7, 11) is 0. The van der Waals surface area contributed by atoms with Crippen molar-refractivity contribution in [1.29, 1.82) is 0 Å². The second-order valence-electron chi connectivity index (χ2n) is 12.9. The third kappa shape index (κ3) is 10.0. The third-order valence-corrected chi connectivity index (χ3v) is 9.03. The molecule has 0 atom stereocenters. The van der Waals surface area contributed by atoms with Gasteiger partial charge >= 0.3 is 0 Å². The Kier molecular flexibility index (Phi) is 15.0. The summed E-state index contributed by atoms with van der Waals surface area (Å²) in [5.41, 5.74) is 7.96. The van der Waals surface area contributed by atoms with E-state index in [1.54, 1.807) is 0 Å². The predicted molar refractivity (Wildman–Crippen MR) is 183 cm³/mol. The van der Waals surface area contributed by atoms with Gasteiger partial charge in [0.05, 0.1) is 11.0 Å². The van der Waals surface area contributed by atoms with Crippen LogP contribution in [0.3, 0.4) is 0 Å². The maximum absolute atomic E-state index is 14.2. The fourth-order valence-electron chi connectivity index (χ4n) is 6.79. The summed E-state index contributed by atoms with van der Waals surface area (Å²) in [4.78, 5) is 14.2. The van der Waals surface area contributed by atoms with Gasteiger partial charge in [0, 0.05) is 17.3 Å². The summed E-state index contributed by atoms with van der Waals surface area (Å²) < 4.78 is 2.61. The van der Waals surface area contributed by atoms with Crippen LogP contribution in [0.1, 0.15) is 159 Å². The average molecular weight is 560 g/mol. The molecule has 0 N–H and O–H groups in total. The number of unbranched alkanes of at least 4 members (excludes halogenated alkanes) is 15. The molecule has 0 spiro atoms. The van der Waals surface area contributed by atoms with Gasteiger partial charge in [-0.2, -0.15) is 0 Å². The van der Waals surface area contributed by atoms with Gasteiger partial charge in [-0.05, 0) is 80.3 Å². The van der Waals surface area contributed by atoms with E-state index in [0.29, 0.717) is 0 Å². The van der Waals surface area contributed by atoms with Gasteiger partial charge in [0.1, 0.15) is 0 Å². The number of rotatable bonds is 21. The molecule has 0 aliphatic heterocycles. The minimum Gasteiger partial charge on any atom is -0.340 e. The van der Waals surface area contributed by atoms with Gasteiger partial charge in [0.15, 0.2) is 5.43 Å². The first kappa shape index (κ1) is 33.4. The summed E-state index contributed by atoms with van der Waals surface area (Å²) in [5, 5.41) is 1.89. The predicted octanol–water partition coefficient (Wildman–Crippen LogP) is 11.9. The summed E-state index contributed by atoms with van der Waals surface area (Å²) in [6.45, 7) is 12.2.